The van der Waals surface area contributed by atoms with Crippen molar-refractivity contribution >= 4 is 0 Å². The highest BCUT2D eigenvalue weighted by Gasteiger charge is 2.22. The van der Waals surface area contributed by atoms with Gasteiger partial charge in [-0.25, -0.2) is 0 Å². The van der Waals surface area contributed by atoms with Gasteiger partial charge in [0.15, 0.2) is 0 Å². The minimum atomic E-state index is 0.0814. The summed E-state index contributed by atoms with van der Waals surface area (Å²) >= 11 is 0. The highest BCUT2D eigenvalue weighted by atomic mass is 16.5. The molecule has 0 aliphatic heterocycles. The van der Waals surface area contributed by atoms with Gasteiger partial charge >= 0.3 is 0 Å². The molecular formula is C17H25N3O. The Labute approximate surface area is 127 Å². The van der Waals surface area contributed by atoms with E-state index in [1.165, 1.54) is 11.1 Å². The number of aromatic nitrogens is 2. The molecule has 21 heavy (non-hydrogen) atoms. The number of rotatable bonds is 8. The van der Waals surface area contributed by atoms with Gasteiger partial charge in [-0.15, -0.1) is 0 Å². The summed E-state index contributed by atoms with van der Waals surface area (Å²) in [5.74, 6) is 0. The lowest BCUT2D eigenvalue weighted by Crippen LogP contribution is -2.34. The Kier molecular flexibility index (Phi) is 5.96. The molecule has 0 bridgehead atoms. The number of benzene rings is 1. The van der Waals surface area contributed by atoms with Crippen molar-refractivity contribution in [3.05, 3.63) is 53.9 Å². The van der Waals surface area contributed by atoms with Gasteiger partial charge in [-0.1, -0.05) is 30.3 Å². The van der Waals surface area contributed by atoms with Gasteiger partial charge in [-0.3, -0.25) is 4.68 Å². The van der Waals surface area contributed by atoms with Crippen molar-refractivity contribution in [2.24, 2.45) is 7.05 Å². The quantitative estimate of drug-likeness (QED) is 0.811. The molecule has 2 aromatic rings. The molecule has 1 aromatic heterocycles. The van der Waals surface area contributed by atoms with Gasteiger partial charge < -0.3 is 10.1 Å². The highest BCUT2D eigenvalue weighted by molar-refractivity contribution is 5.19. The smallest absolute Gasteiger partial charge is 0.0977 e. The summed E-state index contributed by atoms with van der Waals surface area (Å²) in [4.78, 5) is 0. The molecule has 4 heteroatoms. The lowest BCUT2D eigenvalue weighted by atomic mass is 9.97. The fourth-order valence-electron chi connectivity index (χ4n) is 2.64. The summed E-state index contributed by atoms with van der Waals surface area (Å²) in [6, 6.07) is 10.7. The van der Waals surface area contributed by atoms with Gasteiger partial charge in [0.25, 0.3) is 0 Å². The van der Waals surface area contributed by atoms with E-state index in [2.05, 4.69) is 40.9 Å². The van der Waals surface area contributed by atoms with E-state index in [4.69, 9.17) is 4.74 Å². The van der Waals surface area contributed by atoms with Crippen molar-refractivity contribution in [1.82, 2.24) is 15.1 Å². The number of aryl methyl sites for hydroxylation is 2. The summed E-state index contributed by atoms with van der Waals surface area (Å²) in [5, 5.41) is 7.64. The number of ether oxygens (including phenoxy) is 1. The maximum Gasteiger partial charge on any atom is 0.0977 e. The number of hydrogen-bond acceptors (Lipinski definition) is 3. The minimum Gasteiger partial charge on any atom is -0.372 e. The lowest BCUT2D eigenvalue weighted by molar-refractivity contribution is 0.0330. The predicted octanol–water partition coefficient (Wildman–Crippen LogP) is 2.72. The maximum absolute atomic E-state index is 5.99. The molecule has 2 unspecified atom stereocenters. The van der Waals surface area contributed by atoms with Crippen LogP contribution in [0, 0.1) is 0 Å². The van der Waals surface area contributed by atoms with Crippen LogP contribution in [0.15, 0.2) is 42.7 Å². The first-order valence-electron chi connectivity index (χ1n) is 7.56. The zero-order chi connectivity index (χ0) is 15.1. The standard InChI is InChI=1S/C17H25N3O/c1-4-21-17(15-8-6-5-7-9-15)16(18-2)11-10-14-12-19-20(3)13-14/h5-9,12-13,16-18H,4,10-11H2,1-3H3. The van der Waals surface area contributed by atoms with Gasteiger partial charge in [0.1, 0.15) is 0 Å². The second kappa shape index (κ2) is 7.96. The van der Waals surface area contributed by atoms with Crippen molar-refractivity contribution in [3.8, 4) is 0 Å². The van der Waals surface area contributed by atoms with E-state index >= 15 is 0 Å². The summed E-state index contributed by atoms with van der Waals surface area (Å²) in [7, 11) is 3.95. The molecule has 1 aromatic carbocycles. The monoisotopic (exact) mass is 287 g/mol. The zero-order valence-electron chi connectivity index (χ0n) is 13.1. The summed E-state index contributed by atoms with van der Waals surface area (Å²) in [5.41, 5.74) is 2.49. The Morgan fingerprint density at radius 1 is 1.29 bits per heavy atom. The predicted molar refractivity (Wildman–Crippen MR) is 85.2 cm³/mol. The molecule has 1 N–H and O–H groups in total. The van der Waals surface area contributed by atoms with Gasteiger partial charge in [0.2, 0.25) is 0 Å². The van der Waals surface area contributed by atoms with Crippen LogP contribution in [0.1, 0.15) is 30.6 Å². The van der Waals surface area contributed by atoms with Crippen molar-refractivity contribution in [2.75, 3.05) is 13.7 Å². The van der Waals surface area contributed by atoms with Crippen molar-refractivity contribution in [3.63, 3.8) is 0 Å². The molecular weight excluding hydrogens is 262 g/mol. The fraction of sp³-hybridized carbons (Fsp3) is 0.471. The summed E-state index contributed by atoms with van der Waals surface area (Å²) in [6.07, 6.45) is 6.10. The molecule has 0 saturated heterocycles. The third-order valence-corrected chi connectivity index (χ3v) is 3.71. The fourth-order valence-corrected chi connectivity index (χ4v) is 2.64. The maximum atomic E-state index is 5.99. The van der Waals surface area contributed by atoms with Crippen LogP contribution in [0.4, 0.5) is 0 Å². The molecule has 0 aliphatic rings. The van der Waals surface area contributed by atoms with Crippen LogP contribution in [0.5, 0.6) is 0 Å². The normalized spacial score (nSPS) is 14.0. The van der Waals surface area contributed by atoms with Gasteiger partial charge in [0, 0.05) is 25.9 Å². The first-order chi connectivity index (χ1) is 10.2. The molecule has 0 saturated carbocycles. The average molecular weight is 287 g/mol. The Morgan fingerprint density at radius 3 is 2.62 bits per heavy atom. The molecule has 114 valence electrons. The molecule has 2 rings (SSSR count). The third-order valence-electron chi connectivity index (χ3n) is 3.71. The van der Waals surface area contributed by atoms with Gasteiger partial charge in [-0.2, -0.15) is 5.10 Å². The molecule has 0 spiro atoms. The van der Waals surface area contributed by atoms with E-state index in [0.29, 0.717) is 6.61 Å². The Bertz CT molecular complexity index is 524. The SMILES string of the molecule is CCOC(c1ccccc1)C(CCc1cnn(C)c1)NC. The number of hydrogen-bond donors (Lipinski definition) is 1. The van der Waals surface area contributed by atoms with Crippen LogP contribution in [-0.4, -0.2) is 29.5 Å². The minimum absolute atomic E-state index is 0.0814. The van der Waals surface area contributed by atoms with Crippen molar-refractivity contribution in [1.29, 1.82) is 0 Å². The molecule has 1 heterocycles. The van der Waals surface area contributed by atoms with Crippen molar-refractivity contribution < 1.29 is 4.74 Å². The summed E-state index contributed by atoms with van der Waals surface area (Å²) < 4.78 is 7.84. The number of likely N-dealkylation sites (N-methyl/N-ethyl adjacent to an activating group) is 1. The molecule has 0 fully saturated rings. The van der Waals surface area contributed by atoms with Crippen LogP contribution in [0.2, 0.25) is 0 Å². The topological polar surface area (TPSA) is 39.1 Å². The van der Waals surface area contributed by atoms with Crippen LogP contribution in [0.25, 0.3) is 0 Å². The summed E-state index contributed by atoms with van der Waals surface area (Å²) in [6.45, 7) is 2.76. The second-order valence-electron chi connectivity index (χ2n) is 5.24. The Hall–Kier alpha value is -1.65. The number of nitrogens with zero attached hydrogens (tertiary/aromatic N) is 2. The molecule has 0 aliphatic carbocycles. The average Bonchev–Trinajstić information content (AvgIpc) is 2.93. The van der Waals surface area contributed by atoms with E-state index in [0.717, 1.165) is 12.8 Å². The van der Waals surface area contributed by atoms with Crippen LogP contribution in [-0.2, 0) is 18.2 Å². The van der Waals surface area contributed by atoms with Crippen LogP contribution < -0.4 is 5.32 Å². The van der Waals surface area contributed by atoms with E-state index < -0.39 is 0 Å². The molecule has 2 atom stereocenters. The Morgan fingerprint density at radius 2 is 2.05 bits per heavy atom. The zero-order valence-corrected chi connectivity index (χ0v) is 13.1. The lowest BCUT2D eigenvalue weighted by Gasteiger charge is -2.27. The van der Waals surface area contributed by atoms with Crippen LogP contribution >= 0.6 is 0 Å². The van der Waals surface area contributed by atoms with E-state index in [1.54, 1.807) is 0 Å². The molecule has 0 radical (unpaired) electrons. The highest BCUT2D eigenvalue weighted by Crippen LogP contribution is 2.24. The van der Waals surface area contributed by atoms with E-state index in [9.17, 15) is 0 Å². The number of nitrogens with one attached hydrogen (secondary N) is 1. The van der Waals surface area contributed by atoms with Gasteiger partial charge in [0.05, 0.1) is 12.3 Å². The molecule has 0 amide bonds. The van der Waals surface area contributed by atoms with E-state index in [1.807, 2.05) is 38.0 Å². The molecule has 4 nitrogen and oxygen atoms in total. The first-order valence-corrected chi connectivity index (χ1v) is 7.56. The first kappa shape index (κ1) is 15.7. The second-order valence-corrected chi connectivity index (χ2v) is 5.24. The van der Waals surface area contributed by atoms with Gasteiger partial charge in [-0.05, 0) is 37.9 Å². The van der Waals surface area contributed by atoms with Crippen molar-refractivity contribution in [2.45, 2.75) is 31.9 Å². The van der Waals surface area contributed by atoms with E-state index in [-0.39, 0.29) is 12.1 Å². The third kappa shape index (κ3) is 4.41. The Balaban J connectivity index is 2.05. The largest absolute Gasteiger partial charge is 0.372 e. The van der Waals surface area contributed by atoms with Crippen LogP contribution in [0.3, 0.4) is 0 Å².